The van der Waals surface area contributed by atoms with Gasteiger partial charge in [-0.1, -0.05) is 331 Å². The highest BCUT2D eigenvalue weighted by Gasteiger charge is 2.18. The molecule has 3 N–H and O–H groups in total. The van der Waals surface area contributed by atoms with E-state index in [1.807, 2.05) is 6.08 Å². The summed E-state index contributed by atoms with van der Waals surface area (Å²) in [6.07, 6.45) is 91.1. The van der Waals surface area contributed by atoms with Crippen molar-refractivity contribution in [1.29, 1.82) is 0 Å². The third-order valence-electron chi connectivity index (χ3n) is 14.7. The van der Waals surface area contributed by atoms with Gasteiger partial charge in [0, 0.05) is 6.42 Å². The molecular formula is C68H125NO3. The van der Waals surface area contributed by atoms with Gasteiger partial charge in [0.1, 0.15) is 0 Å². The number of carbonyl (C=O) groups is 1. The second-order valence-electron chi connectivity index (χ2n) is 21.8. The Labute approximate surface area is 450 Å². The van der Waals surface area contributed by atoms with Crippen LogP contribution < -0.4 is 5.32 Å². The SMILES string of the molecule is CC/C=C\C/C=C\C/C=C\C/C=C\CCCCCCCCCCCCCCCCCCCCCCCCCCCCC(=O)NC(CO)C(O)/C=C/CC/C=C/CCCCCCCCCCCCCCCCC. The van der Waals surface area contributed by atoms with Gasteiger partial charge in [0.2, 0.25) is 5.91 Å². The molecule has 72 heavy (non-hydrogen) atoms. The first kappa shape index (κ1) is 69.8. The fourth-order valence-electron chi connectivity index (χ4n) is 9.84. The molecular weight excluding hydrogens is 879 g/mol. The number of hydrogen-bond donors (Lipinski definition) is 3. The minimum Gasteiger partial charge on any atom is -0.394 e. The van der Waals surface area contributed by atoms with Crippen molar-refractivity contribution < 1.29 is 15.0 Å². The largest absolute Gasteiger partial charge is 0.394 e. The fraction of sp³-hybridized carbons (Fsp3) is 0.809. The van der Waals surface area contributed by atoms with Crippen LogP contribution in [-0.2, 0) is 4.79 Å². The maximum atomic E-state index is 12.5. The number of amides is 1. The van der Waals surface area contributed by atoms with Gasteiger partial charge < -0.3 is 15.5 Å². The van der Waals surface area contributed by atoms with Gasteiger partial charge in [0.05, 0.1) is 18.8 Å². The zero-order chi connectivity index (χ0) is 52.0. The molecule has 1 amide bonds. The quantitative estimate of drug-likeness (QED) is 0.0420. The molecule has 0 aromatic heterocycles. The van der Waals surface area contributed by atoms with Gasteiger partial charge in [-0.15, -0.1) is 0 Å². The molecule has 0 aromatic rings. The van der Waals surface area contributed by atoms with Gasteiger partial charge in [0.15, 0.2) is 0 Å². The van der Waals surface area contributed by atoms with E-state index in [0.717, 1.165) is 57.8 Å². The number of carbonyl (C=O) groups excluding carboxylic acids is 1. The van der Waals surface area contributed by atoms with Crippen molar-refractivity contribution in [3.05, 3.63) is 72.9 Å². The van der Waals surface area contributed by atoms with Gasteiger partial charge in [0.25, 0.3) is 0 Å². The fourth-order valence-corrected chi connectivity index (χ4v) is 9.84. The summed E-state index contributed by atoms with van der Waals surface area (Å²) in [5.74, 6) is -0.0684. The molecule has 0 bridgehead atoms. The van der Waals surface area contributed by atoms with Crippen molar-refractivity contribution >= 4 is 5.91 Å². The molecule has 0 aliphatic heterocycles. The second kappa shape index (κ2) is 63.1. The topological polar surface area (TPSA) is 69.6 Å². The minimum absolute atomic E-state index is 0.0684. The zero-order valence-corrected chi connectivity index (χ0v) is 48.4. The second-order valence-corrected chi connectivity index (χ2v) is 21.8. The lowest BCUT2D eigenvalue weighted by Gasteiger charge is -2.19. The molecule has 0 aliphatic carbocycles. The third kappa shape index (κ3) is 58.7. The first-order valence-corrected chi connectivity index (χ1v) is 32.2. The van der Waals surface area contributed by atoms with Crippen LogP contribution >= 0.6 is 0 Å². The number of allylic oxidation sites excluding steroid dienone is 11. The highest BCUT2D eigenvalue weighted by atomic mass is 16.3. The van der Waals surface area contributed by atoms with E-state index < -0.39 is 12.1 Å². The Hall–Kier alpha value is -2.17. The Morgan fingerprint density at radius 2 is 0.625 bits per heavy atom. The number of unbranched alkanes of at least 4 members (excludes halogenated alkanes) is 42. The summed E-state index contributed by atoms with van der Waals surface area (Å²) < 4.78 is 0. The molecule has 0 aliphatic rings. The van der Waals surface area contributed by atoms with Gasteiger partial charge >= 0.3 is 0 Å². The molecule has 4 heteroatoms. The van der Waals surface area contributed by atoms with Crippen molar-refractivity contribution in [2.24, 2.45) is 0 Å². The zero-order valence-electron chi connectivity index (χ0n) is 48.4. The molecule has 0 fully saturated rings. The lowest BCUT2D eigenvalue weighted by Crippen LogP contribution is -2.45. The summed E-state index contributed by atoms with van der Waals surface area (Å²) in [7, 11) is 0. The molecule has 2 atom stereocenters. The number of aliphatic hydroxyl groups excluding tert-OH is 2. The van der Waals surface area contributed by atoms with Gasteiger partial charge in [-0.25, -0.2) is 0 Å². The predicted molar refractivity (Wildman–Crippen MR) is 322 cm³/mol. The summed E-state index contributed by atoms with van der Waals surface area (Å²) >= 11 is 0. The normalized spacial score (nSPS) is 13.2. The van der Waals surface area contributed by atoms with Crippen LogP contribution in [0.4, 0.5) is 0 Å². The molecule has 0 saturated heterocycles. The van der Waals surface area contributed by atoms with E-state index in [1.54, 1.807) is 6.08 Å². The standard InChI is InChI=1S/C68H125NO3/c1-3-5-7-9-11-13-15-17-19-21-23-25-26-27-28-29-30-31-32-33-34-35-36-37-38-39-40-41-42-44-46-48-50-52-54-56-58-60-62-64-68(72)69-66(65-70)67(71)63-61-59-57-55-53-51-49-47-45-43-24-22-20-18-16-14-12-10-8-6-4-2/h5,7,11,13,17,19,23,25,53,55,61,63,66-67,70-71H,3-4,6,8-10,12,14-16,18,20-22,24,26-52,54,56-60,62,64-65H2,1-2H3,(H,69,72)/b7-5-,13-11-,19-17-,25-23-,55-53+,63-61+. The van der Waals surface area contributed by atoms with Crippen LogP contribution in [0.25, 0.3) is 0 Å². The Morgan fingerprint density at radius 1 is 0.347 bits per heavy atom. The summed E-state index contributed by atoms with van der Waals surface area (Å²) in [6, 6.07) is -0.640. The average molecular weight is 1000 g/mol. The summed E-state index contributed by atoms with van der Waals surface area (Å²) in [6.45, 7) is 4.21. The van der Waals surface area contributed by atoms with E-state index >= 15 is 0 Å². The van der Waals surface area contributed by atoms with Crippen molar-refractivity contribution in [3.8, 4) is 0 Å². The van der Waals surface area contributed by atoms with Crippen LogP contribution in [0.3, 0.4) is 0 Å². The summed E-state index contributed by atoms with van der Waals surface area (Å²) in [5.41, 5.74) is 0. The summed E-state index contributed by atoms with van der Waals surface area (Å²) in [5, 5.41) is 23.2. The van der Waals surface area contributed by atoms with Gasteiger partial charge in [-0.3, -0.25) is 4.79 Å². The minimum atomic E-state index is -0.863. The Balaban J connectivity index is 3.44. The van der Waals surface area contributed by atoms with Crippen LogP contribution in [0, 0.1) is 0 Å². The highest BCUT2D eigenvalue weighted by molar-refractivity contribution is 5.76. The Bertz CT molecular complexity index is 1230. The molecule has 0 radical (unpaired) electrons. The predicted octanol–water partition coefficient (Wildman–Crippen LogP) is 21.7. The molecule has 4 nitrogen and oxygen atoms in total. The maximum Gasteiger partial charge on any atom is 0.220 e. The van der Waals surface area contributed by atoms with Crippen molar-refractivity contribution in [2.45, 2.75) is 347 Å². The van der Waals surface area contributed by atoms with E-state index in [9.17, 15) is 15.0 Å². The number of rotatable bonds is 59. The van der Waals surface area contributed by atoms with E-state index in [4.69, 9.17) is 0 Å². The molecule has 0 aromatic carbocycles. The smallest absolute Gasteiger partial charge is 0.220 e. The lowest BCUT2D eigenvalue weighted by molar-refractivity contribution is -0.123. The average Bonchev–Trinajstić information content (AvgIpc) is 3.39. The Morgan fingerprint density at radius 3 is 0.972 bits per heavy atom. The van der Waals surface area contributed by atoms with E-state index in [2.05, 4.69) is 79.9 Å². The summed E-state index contributed by atoms with van der Waals surface area (Å²) in [4.78, 5) is 12.5. The van der Waals surface area contributed by atoms with Crippen molar-refractivity contribution in [3.63, 3.8) is 0 Å². The number of nitrogens with one attached hydrogen (secondary N) is 1. The molecule has 0 heterocycles. The lowest BCUT2D eigenvalue weighted by atomic mass is 10.0. The van der Waals surface area contributed by atoms with Crippen molar-refractivity contribution in [2.75, 3.05) is 6.61 Å². The molecule has 0 saturated carbocycles. The first-order chi connectivity index (χ1) is 35.7. The van der Waals surface area contributed by atoms with Crippen LogP contribution in [0.15, 0.2) is 72.9 Å². The third-order valence-corrected chi connectivity index (χ3v) is 14.7. The number of aliphatic hydroxyl groups is 2. The number of hydrogen-bond acceptors (Lipinski definition) is 3. The molecule has 0 spiro atoms. The van der Waals surface area contributed by atoms with Crippen LogP contribution in [0.2, 0.25) is 0 Å². The molecule has 0 rings (SSSR count). The van der Waals surface area contributed by atoms with Crippen LogP contribution in [0.1, 0.15) is 335 Å². The van der Waals surface area contributed by atoms with E-state index in [0.29, 0.717) is 6.42 Å². The maximum absolute atomic E-state index is 12.5. The van der Waals surface area contributed by atoms with Crippen LogP contribution in [0.5, 0.6) is 0 Å². The Kier molecular flexibility index (Phi) is 61.2. The van der Waals surface area contributed by atoms with Gasteiger partial charge in [-0.05, 0) is 70.6 Å². The van der Waals surface area contributed by atoms with E-state index in [-0.39, 0.29) is 12.5 Å². The van der Waals surface area contributed by atoms with Gasteiger partial charge in [-0.2, -0.15) is 0 Å². The monoisotopic (exact) mass is 1000 g/mol. The first-order valence-electron chi connectivity index (χ1n) is 32.2. The molecule has 2 unspecified atom stereocenters. The van der Waals surface area contributed by atoms with Crippen LogP contribution in [-0.4, -0.2) is 34.9 Å². The highest BCUT2D eigenvalue weighted by Crippen LogP contribution is 2.18. The molecule has 420 valence electrons. The van der Waals surface area contributed by atoms with E-state index in [1.165, 1.54) is 257 Å². The van der Waals surface area contributed by atoms with Crippen molar-refractivity contribution in [1.82, 2.24) is 5.32 Å².